The molecule has 0 atom stereocenters. The van der Waals surface area contributed by atoms with E-state index in [1.165, 1.54) is 5.56 Å². The van der Waals surface area contributed by atoms with Gasteiger partial charge in [-0.2, -0.15) is 0 Å². The topological polar surface area (TPSA) is 59.8 Å². The molecular weight excluding hydrogens is 276 g/mol. The molecule has 0 aliphatic rings. The van der Waals surface area contributed by atoms with Gasteiger partial charge in [-0.3, -0.25) is 4.79 Å². The van der Waals surface area contributed by atoms with Crippen molar-refractivity contribution in [2.45, 2.75) is 13.8 Å². The second kappa shape index (κ2) is 5.81. The summed E-state index contributed by atoms with van der Waals surface area (Å²) in [5, 5.41) is 7.08. The van der Waals surface area contributed by atoms with Crippen LogP contribution >= 0.6 is 0 Å². The Morgan fingerprint density at radius 3 is 2.36 bits per heavy atom. The molecule has 2 aromatic carbocycles. The highest BCUT2D eigenvalue weighted by atomic mass is 16.2. The fraction of sp³-hybridized carbons (Fsp3) is 0.118. The molecule has 0 radical (unpaired) electrons. The Hall–Kier alpha value is -2.95. The third kappa shape index (κ3) is 2.88. The Balaban J connectivity index is 1.85. The molecule has 3 rings (SSSR count). The number of anilines is 1. The maximum Gasteiger partial charge on any atom is 0.295 e. The van der Waals surface area contributed by atoms with Crippen molar-refractivity contribution in [1.82, 2.24) is 14.8 Å². The van der Waals surface area contributed by atoms with Crippen molar-refractivity contribution in [3.8, 4) is 5.69 Å². The van der Waals surface area contributed by atoms with E-state index in [-0.39, 0.29) is 11.7 Å². The number of rotatable bonds is 3. The second-order valence-corrected chi connectivity index (χ2v) is 5.05. The minimum atomic E-state index is -0.319. The van der Waals surface area contributed by atoms with E-state index < -0.39 is 0 Å². The first-order valence-corrected chi connectivity index (χ1v) is 7.00. The van der Waals surface area contributed by atoms with Crippen molar-refractivity contribution in [2.24, 2.45) is 0 Å². The van der Waals surface area contributed by atoms with Gasteiger partial charge in [-0.25, -0.2) is 9.67 Å². The Kier molecular flexibility index (Phi) is 3.70. The van der Waals surface area contributed by atoms with Crippen LogP contribution in [-0.4, -0.2) is 20.7 Å². The summed E-state index contributed by atoms with van der Waals surface area (Å²) >= 11 is 0. The third-order valence-corrected chi connectivity index (χ3v) is 3.28. The number of hydrogen-bond donors (Lipinski definition) is 1. The molecule has 3 aromatic rings. The van der Waals surface area contributed by atoms with Crippen LogP contribution < -0.4 is 5.32 Å². The monoisotopic (exact) mass is 292 g/mol. The van der Waals surface area contributed by atoms with Gasteiger partial charge in [0, 0.05) is 5.69 Å². The van der Waals surface area contributed by atoms with E-state index in [0.717, 1.165) is 11.4 Å². The van der Waals surface area contributed by atoms with Crippen molar-refractivity contribution in [2.75, 3.05) is 5.32 Å². The number of amides is 1. The zero-order valence-corrected chi connectivity index (χ0v) is 12.4. The molecule has 1 heterocycles. The highest BCUT2D eigenvalue weighted by Gasteiger charge is 2.15. The Morgan fingerprint density at radius 1 is 1.00 bits per heavy atom. The second-order valence-electron chi connectivity index (χ2n) is 5.05. The quantitative estimate of drug-likeness (QED) is 0.806. The van der Waals surface area contributed by atoms with Gasteiger partial charge in [-0.15, -0.1) is 5.10 Å². The standard InChI is InChI=1S/C17H16N4O/c1-12-8-10-15(11-9-12)21-13(2)18-16(20-21)17(22)19-14-6-4-3-5-7-14/h3-11H,1-2H3,(H,19,22). The van der Waals surface area contributed by atoms with Gasteiger partial charge in [-0.05, 0) is 38.1 Å². The fourth-order valence-electron chi connectivity index (χ4n) is 2.13. The Bertz CT molecular complexity index is 791. The lowest BCUT2D eigenvalue weighted by molar-refractivity contribution is 0.101. The van der Waals surface area contributed by atoms with Crippen molar-refractivity contribution in [3.63, 3.8) is 0 Å². The first-order chi connectivity index (χ1) is 10.6. The van der Waals surface area contributed by atoms with Gasteiger partial charge >= 0.3 is 0 Å². The highest BCUT2D eigenvalue weighted by Crippen LogP contribution is 2.12. The minimum absolute atomic E-state index is 0.155. The third-order valence-electron chi connectivity index (χ3n) is 3.28. The maximum atomic E-state index is 12.2. The zero-order chi connectivity index (χ0) is 15.5. The molecule has 0 fully saturated rings. The molecule has 1 N–H and O–H groups in total. The van der Waals surface area contributed by atoms with E-state index in [2.05, 4.69) is 15.4 Å². The summed E-state index contributed by atoms with van der Waals surface area (Å²) in [6, 6.07) is 17.2. The number of nitrogens with one attached hydrogen (secondary N) is 1. The van der Waals surface area contributed by atoms with Gasteiger partial charge in [0.2, 0.25) is 5.82 Å². The van der Waals surface area contributed by atoms with Crippen LogP contribution in [0.3, 0.4) is 0 Å². The molecule has 0 bridgehead atoms. The summed E-state index contributed by atoms with van der Waals surface area (Å²) in [5.74, 6) is 0.504. The average Bonchev–Trinajstić information content (AvgIpc) is 2.91. The fourth-order valence-corrected chi connectivity index (χ4v) is 2.13. The van der Waals surface area contributed by atoms with Crippen LogP contribution in [0.2, 0.25) is 0 Å². The molecule has 0 spiro atoms. The van der Waals surface area contributed by atoms with Crippen LogP contribution in [-0.2, 0) is 0 Å². The number of aromatic nitrogens is 3. The van der Waals surface area contributed by atoms with Crippen molar-refractivity contribution < 1.29 is 4.79 Å². The molecule has 22 heavy (non-hydrogen) atoms. The van der Waals surface area contributed by atoms with E-state index in [9.17, 15) is 4.79 Å². The molecule has 0 aliphatic carbocycles. The van der Waals surface area contributed by atoms with E-state index >= 15 is 0 Å². The van der Waals surface area contributed by atoms with Crippen LogP contribution in [0.4, 0.5) is 5.69 Å². The normalized spacial score (nSPS) is 10.5. The predicted octanol–water partition coefficient (Wildman–Crippen LogP) is 3.14. The number of aryl methyl sites for hydroxylation is 2. The van der Waals surface area contributed by atoms with Crippen molar-refractivity contribution >= 4 is 11.6 Å². The smallest absolute Gasteiger partial charge is 0.295 e. The molecule has 5 nitrogen and oxygen atoms in total. The molecule has 0 aliphatic heterocycles. The first kappa shape index (κ1) is 14.0. The average molecular weight is 292 g/mol. The van der Waals surface area contributed by atoms with Gasteiger partial charge in [0.05, 0.1) is 5.69 Å². The van der Waals surface area contributed by atoms with E-state index in [4.69, 9.17) is 0 Å². The molecule has 5 heteroatoms. The van der Waals surface area contributed by atoms with Gasteiger partial charge in [0.15, 0.2) is 0 Å². The van der Waals surface area contributed by atoms with E-state index in [0.29, 0.717) is 5.82 Å². The van der Waals surface area contributed by atoms with Crippen LogP contribution in [0.5, 0.6) is 0 Å². The van der Waals surface area contributed by atoms with Crippen LogP contribution in [0.25, 0.3) is 5.69 Å². The minimum Gasteiger partial charge on any atom is -0.319 e. The number of benzene rings is 2. The van der Waals surface area contributed by atoms with Crippen LogP contribution in [0.15, 0.2) is 54.6 Å². The maximum absolute atomic E-state index is 12.2. The lowest BCUT2D eigenvalue weighted by atomic mass is 10.2. The zero-order valence-electron chi connectivity index (χ0n) is 12.4. The van der Waals surface area contributed by atoms with Crippen LogP contribution in [0, 0.1) is 13.8 Å². The Morgan fingerprint density at radius 2 is 1.68 bits per heavy atom. The highest BCUT2D eigenvalue weighted by molar-refractivity contribution is 6.01. The summed E-state index contributed by atoms with van der Waals surface area (Å²) in [4.78, 5) is 16.5. The summed E-state index contributed by atoms with van der Waals surface area (Å²) in [5.41, 5.74) is 2.77. The largest absolute Gasteiger partial charge is 0.319 e. The molecule has 0 saturated heterocycles. The van der Waals surface area contributed by atoms with Crippen LogP contribution in [0.1, 0.15) is 22.0 Å². The summed E-state index contributed by atoms with van der Waals surface area (Å²) in [6.07, 6.45) is 0. The summed E-state index contributed by atoms with van der Waals surface area (Å²) in [6.45, 7) is 3.85. The SMILES string of the molecule is Cc1ccc(-n2nc(C(=O)Nc3ccccc3)nc2C)cc1. The van der Waals surface area contributed by atoms with E-state index in [1.54, 1.807) is 4.68 Å². The predicted molar refractivity (Wildman–Crippen MR) is 85.2 cm³/mol. The lowest BCUT2D eigenvalue weighted by Gasteiger charge is -2.03. The van der Waals surface area contributed by atoms with E-state index in [1.807, 2.05) is 68.4 Å². The molecular formula is C17H16N4O. The molecule has 1 amide bonds. The number of nitrogens with zero attached hydrogens (tertiary/aromatic N) is 3. The number of carbonyl (C=O) groups is 1. The molecule has 0 saturated carbocycles. The van der Waals surface area contributed by atoms with Gasteiger partial charge in [0.1, 0.15) is 5.82 Å². The number of para-hydroxylation sites is 1. The van der Waals surface area contributed by atoms with Gasteiger partial charge < -0.3 is 5.32 Å². The number of carbonyl (C=O) groups excluding carboxylic acids is 1. The van der Waals surface area contributed by atoms with Crippen molar-refractivity contribution in [1.29, 1.82) is 0 Å². The molecule has 110 valence electrons. The summed E-state index contributed by atoms with van der Waals surface area (Å²) < 4.78 is 1.67. The summed E-state index contributed by atoms with van der Waals surface area (Å²) in [7, 11) is 0. The van der Waals surface area contributed by atoms with Crippen molar-refractivity contribution in [3.05, 3.63) is 71.8 Å². The molecule has 0 unspecified atom stereocenters. The Labute approximate surface area is 128 Å². The lowest BCUT2D eigenvalue weighted by Crippen LogP contribution is -2.14. The molecule has 1 aromatic heterocycles. The van der Waals surface area contributed by atoms with Gasteiger partial charge in [0.25, 0.3) is 5.91 Å². The number of hydrogen-bond acceptors (Lipinski definition) is 3. The van der Waals surface area contributed by atoms with Gasteiger partial charge in [-0.1, -0.05) is 35.9 Å². The first-order valence-electron chi connectivity index (χ1n) is 7.00.